The second-order valence-corrected chi connectivity index (χ2v) is 8.22. The van der Waals surface area contributed by atoms with Gasteiger partial charge in [0.05, 0.1) is 23.2 Å². The maximum Gasteiger partial charge on any atom is 0.392 e. The van der Waals surface area contributed by atoms with Crippen molar-refractivity contribution in [2.24, 2.45) is 0 Å². The first-order valence-corrected chi connectivity index (χ1v) is 11.1. The largest absolute Gasteiger partial charge is 0.463 e. The summed E-state index contributed by atoms with van der Waals surface area (Å²) in [5.74, 6) is -2.80. The van der Waals surface area contributed by atoms with Crippen molar-refractivity contribution in [3.05, 3.63) is 39.4 Å². The van der Waals surface area contributed by atoms with Gasteiger partial charge in [-0.2, -0.15) is 15.2 Å². The number of ether oxygens (including phenoxy) is 4. The lowest BCUT2D eigenvalue weighted by Gasteiger charge is -2.20. The fourth-order valence-electron chi connectivity index (χ4n) is 2.43. The highest BCUT2D eigenvalue weighted by Gasteiger charge is 2.31. The van der Waals surface area contributed by atoms with Crippen LogP contribution in [-0.4, -0.2) is 51.9 Å². The number of nitrogens with zero attached hydrogens (tertiary/aromatic N) is 4. The van der Waals surface area contributed by atoms with Crippen molar-refractivity contribution < 1.29 is 33.5 Å². The maximum absolute atomic E-state index is 12.7. The molecule has 0 saturated carbocycles. The Hall–Kier alpha value is -3.92. The SMILES string of the molecule is CCOC(=O)COc1nc(SC)nc(Oc2cc(C#N)ccc2C(=O)OC(C)(C)C)c1[N+](=O)[O-]. The van der Waals surface area contributed by atoms with E-state index in [9.17, 15) is 25.0 Å². The van der Waals surface area contributed by atoms with Crippen molar-refractivity contribution in [1.29, 1.82) is 5.26 Å². The zero-order valence-corrected chi connectivity index (χ0v) is 19.9. The number of thioether (sulfide) groups is 1. The molecule has 0 fully saturated rings. The van der Waals surface area contributed by atoms with Gasteiger partial charge in [-0.1, -0.05) is 11.8 Å². The minimum atomic E-state index is -0.846. The Balaban J connectivity index is 2.58. The van der Waals surface area contributed by atoms with Crippen molar-refractivity contribution in [1.82, 2.24) is 9.97 Å². The van der Waals surface area contributed by atoms with Gasteiger partial charge in [-0.05, 0) is 52.1 Å². The molecule has 34 heavy (non-hydrogen) atoms. The Morgan fingerprint density at radius 2 is 1.91 bits per heavy atom. The van der Waals surface area contributed by atoms with Crippen LogP contribution >= 0.6 is 11.8 Å². The molecular weight excluding hydrogens is 468 g/mol. The van der Waals surface area contributed by atoms with Crippen LogP contribution in [0.25, 0.3) is 0 Å². The minimum absolute atomic E-state index is 0.0368. The van der Waals surface area contributed by atoms with E-state index in [0.29, 0.717) is 0 Å². The molecule has 0 radical (unpaired) electrons. The van der Waals surface area contributed by atoms with Crippen LogP contribution in [0, 0.1) is 21.4 Å². The first-order chi connectivity index (χ1) is 16.0. The Labute approximate surface area is 199 Å². The number of carbonyl (C=O) groups excluding carboxylic acids is 2. The normalized spacial score (nSPS) is 10.7. The molecule has 0 amide bonds. The summed E-state index contributed by atoms with van der Waals surface area (Å²) in [7, 11) is 0. The third kappa shape index (κ3) is 7.04. The average molecular weight is 490 g/mol. The smallest absolute Gasteiger partial charge is 0.392 e. The third-order valence-corrected chi connectivity index (χ3v) is 4.28. The molecule has 2 rings (SSSR count). The summed E-state index contributed by atoms with van der Waals surface area (Å²) < 4.78 is 21.0. The van der Waals surface area contributed by atoms with Crippen molar-refractivity contribution >= 4 is 29.4 Å². The number of esters is 2. The molecule has 0 unspecified atom stereocenters. The van der Waals surface area contributed by atoms with Crippen molar-refractivity contribution in [2.75, 3.05) is 19.5 Å². The predicted molar refractivity (Wildman–Crippen MR) is 119 cm³/mol. The van der Waals surface area contributed by atoms with Crippen LogP contribution in [0.3, 0.4) is 0 Å². The lowest BCUT2D eigenvalue weighted by molar-refractivity contribution is -0.387. The van der Waals surface area contributed by atoms with Gasteiger partial charge in [0.15, 0.2) is 11.8 Å². The van der Waals surface area contributed by atoms with Crippen LogP contribution in [0.5, 0.6) is 17.5 Å². The molecule has 1 aromatic carbocycles. The molecule has 0 aliphatic carbocycles. The second-order valence-electron chi connectivity index (χ2n) is 7.45. The Kier molecular flexibility index (Phi) is 8.74. The van der Waals surface area contributed by atoms with Crippen LogP contribution in [-0.2, 0) is 14.3 Å². The molecule has 12 nitrogen and oxygen atoms in total. The fraction of sp³-hybridized carbons (Fsp3) is 0.381. The van der Waals surface area contributed by atoms with Gasteiger partial charge in [-0.15, -0.1) is 0 Å². The molecule has 0 N–H and O–H groups in total. The highest BCUT2D eigenvalue weighted by Crippen LogP contribution is 2.39. The number of aromatic nitrogens is 2. The van der Waals surface area contributed by atoms with Crippen molar-refractivity contribution in [2.45, 2.75) is 38.5 Å². The molecule has 0 saturated heterocycles. The van der Waals surface area contributed by atoms with E-state index in [1.165, 1.54) is 18.2 Å². The molecule has 1 aromatic heterocycles. The van der Waals surface area contributed by atoms with Gasteiger partial charge in [0.2, 0.25) is 0 Å². The van der Waals surface area contributed by atoms with Gasteiger partial charge in [0, 0.05) is 0 Å². The quantitative estimate of drug-likeness (QED) is 0.165. The zero-order chi connectivity index (χ0) is 25.5. The maximum atomic E-state index is 12.7. The number of nitro groups is 1. The summed E-state index contributed by atoms with van der Waals surface area (Å²) >= 11 is 1.03. The third-order valence-electron chi connectivity index (χ3n) is 3.73. The van der Waals surface area contributed by atoms with Crippen LogP contribution < -0.4 is 9.47 Å². The van der Waals surface area contributed by atoms with Gasteiger partial charge in [-0.3, -0.25) is 10.1 Å². The van der Waals surface area contributed by atoms with E-state index in [4.69, 9.17) is 18.9 Å². The van der Waals surface area contributed by atoms with Gasteiger partial charge in [0.1, 0.15) is 16.9 Å². The van der Waals surface area contributed by atoms with E-state index in [-0.39, 0.29) is 28.6 Å². The first-order valence-electron chi connectivity index (χ1n) is 9.83. The average Bonchev–Trinajstić information content (AvgIpc) is 2.75. The van der Waals surface area contributed by atoms with Gasteiger partial charge >= 0.3 is 29.4 Å². The van der Waals surface area contributed by atoms with E-state index in [2.05, 4.69) is 9.97 Å². The molecule has 0 spiro atoms. The van der Waals surface area contributed by atoms with E-state index >= 15 is 0 Å². The Bertz CT molecular complexity index is 1140. The molecule has 0 aliphatic heterocycles. The number of hydrogen-bond donors (Lipinski definition) is 0. The van der Waals surface area contributed by atoms with Crippen LogP contribution in [0.1, 0.15) is 43.6 Å². The van der Waals surface area contributed by atoms with Gasteiger partial charge in [-0.25, -0.2) is 9.59 Å². The van der Waals surface area contributed by atoms with Crippen LogP contribution in [0.4, 0.5) is 5.69 Å². The van der Waals surface area contributed by atoms with Crippen molar-refractivity contribution in [3.63, 3.8) is 0 Å². The van der Waals surface area contributed by atoms with Crippen LogP contribution in [0.2, 0.25) is 0 Å². The molecule has 2 aromatic rings. The molecule has 0 aliphatic rings. The molecular formula is C21H22N4O8S. The molecule has 0 bridgehead atoms. The highest BCUT2D eigenvalue weighted by molar-refractivity contribution is 7.98. The first kappa shape index (κ1) is 26.3. The summed E-state index contributed by atoms with van der Waals surface area (Å²) in [6.07, 6.45) is 1.61. The van der Waals surface area contributed by atoms with E-state index < -0.39 is 46.5 Å². The lowest BCUT2D eigenvalue weighted by atomic mass is 10.1. The predicted octanol–water partition coefficient (Wildman–Crippen LogP) is 3.67. The number of benzene rings is 1. The fourth-order valence-corrected chi connectivity index (χ4v) is 2.78. The summed E-state index contributed by atoms with van der Waals surface area (Å²) in [6.45, 7) is 6.07. The van der Waals surface area contributed by atoms with E-state index in [0.717, 1.165) is 11.8 Å². The topological polar surface area (TPSA) is 164 Å². The number of hydrogen-bond acceptors (Lipinski definition) is 12. The Morgan fingerprint density at radius 1 is 1.24 bits per heavy atom. The summed E-state index contributed by atoms with van der Waals surface area (Å²) in [5.41, 5.74) is -1.56. The Morgan fingerprint density at radius 3 is 2.47 bits per heavy atom. The highest BCUT2D eigenvalue weighted by atomic mass is 32.2. The van der Waals surface area contributed by atoms with Crippen molar-refractivity contribution in [3.8, 4) is 23.6 Å². The van der Waals surface area contributed by atoms with E-state index in [1.807, 2.05) is 6.07 Å². The van der Waals surface area contributed by atoms with E-state index in [1.54, 1.807) is 34.0 Å². The van der Waals surface area contributed by atoms with Crippen LogP contribution in [0.15, 0.2) is 23.4 Å². The molecule has 0 atom stereocenters. The minimum Gasteiger partial charge on any atom is -0.463 e. The summed E-state index contributed by atoms with van der Waals surface area (Å²) in [4.78, 5) is 43.3. The van der Waals surface area contributed by atoms with Gasteiger partial charge in [0.25, 0.3) is 0 Å². The molecule has 1 heterocycles. The number of rotatable bonds is 9. The monoisotopic (exact) mass is 490 g/mol. The summed E-state index contributed by atoms with van der Waals surface area (Å²) in [6, 6.07) is 5.81. The second kappa shape index (κ2) is 11.3. The standard InChI is InChI=1S/C21H22N4O8S/c1-6-30-15(26)11-31-17-16(25(28)29)18(24-20(23-17)34-5)32-14-9-12(10-22)7-8-13(14)19(27)33-21(2,3)4/h7-9H,6,11H2,1-5H3. The van der Waals surface area contributed by atoms with Gasteiger partial charge < -0.3 is 18.9 Å². The lowest BCUT2D eigenvalue weighted by Crippen LogP contribution is -2.24. The zero-order valence-electron chi connectivity index (χ0n) is 19.1. The number of carbonyl (C=O) groups is 2. The molecule has 13 heteroatoms. The summed E-state index contributed by atoms with van der Waals surface area (Å²) in [5, 5.41) is 21.1. The molecule has 180 valence electrons. The number of nitriles is 1.